The molecular formula is C9H19. The zero-order chi connectivity index (χ0) is 7.28. The van der Waals surface area contributed by atoms with E-state index in [1.807, 2.05) is 0 Å². The molecule has 0 spiro atoms. The molecule has 0 nitrogen and oxygen atoms in total. The molecule has 0 heteroatoms. The Morgan fingerprint density at radius 1 is 1.22 bits per heavy atom. The van der Waals surface area contributed by atoms with Crippen molar-refractivity contribution in [3.63, 3.8) is 0 Å². The van der Waals surface area contributed by atoms with Crippen LogP contribution < -0.4 is 0 Å². The van der Waals surface area contributed by atoms with Gasteiger partial charge in [-0.3, -0.25) is 0 Å². The molecule has 55 valence electrons. The highest BCUT2D eigenvalue weighted by Crippen LogP contribution is 2.17. The summed E-state index contributed by atoms with van der Waals surface area (Å²) < 4.78 is 0. The van der Waals surface area contributed by atoms with E-state index in [9.17, 15) is 0 Å². The minimum Gasteiger partial charge on any atom is -0.0651 e. The van der Waals surface area contributed by atoms with Gasteiger partial charge < -0.3 is 0 Å². The van der Waals surface area contributed by atoms with Gasteiger partial charge >= 0.3 is 0 Å². The summed E-state index contributed by atoms with van der Waals surface area (Å²) in [6, 6.07) is 0. The molecule has 1 atom stereocenters. The van der Waals surface area contributed by atoms with Crippen molar-refractivity contribution in [1.82, 2.24) is 0 Å². The molecule has 0 aliphatic heterocycles. The topological polar surface area (TPSA) is 0 Å². The third-order valence-electron chi connectivity index (χ3n) is 1.89. The highest BCUT2D eigenvalue weighted by atomic mass is 14.1. The summed E-state index contributed by atoms with van der Waals surface area (Å²) >= 11 is 0. The molecule has 0 fully saturated rings. The highest BCUT2D eigenvalue weighted by Gasteiger charge is 2.04. The van der Waals surface area contributed by atoms with Gasteiger partial charge in [0.15, 0.2) is 0 Å². The molecule has 0 aliphatic rings. The Morgan fingerprint density at radius 2 is 1.67 bits per heavy atom. The largest absolute Gasteiger partial charge is 0.0651 e. The van der Waals surface area contributed by atoms with Crippen LogP contribution in [0.15, 0.2) is 0 Å². The summed E-state index contributed by atoms with van der Waals surface area (Å²) in [5.74, 6) is 1.55. The van der Waals surface area contributed by atoms with Gasteiger partial charge in [-0.2, -0.15) is 0 Å². The summed E-state index contributed by atoms with van der Waals surface area (Å²) in [5.41, 5.74) is 0. The first kappa shape index (κ1) is 9.00. The third-order valence-corrected chi connectivity index (χ3v) is 1.89. The minimum absolute atomic E-state index is 0.634. The van der Waals surface area contributed by atoms with Crippen LogP contribution in [0.5, 0.6) is 0 Å². The molecule has 0 amide bonds. The van der Waals surface area contributed by atoms with E-state index in [-0.39, 0.29) is 0 Å². The van der Waals surface area contributed by atoms with Crippen molar-refractivity contribution in [2.75, 3.05) is 0 Å². The van der Waals surface area contributed by atoms with Crippen molar-refractivity contribution >= 4 is 0 Å². The zero-order valence-corrected chi connectivity index (χ0v) is 6.98. The van der Waals surface area contributed by atoms with Crippen molar-refractivity contribution in [2.24, 2.45) is 11.8 Å². The van der Waals surface area contributed by atoms with Crippen molar-refractivity contribution in [3.05, 3.63) is 6.92 Å². The van der Waals surface area contributed by atoms with Gasteiger partial charge in [0, 0.05) is 0 Å². The van der Waals surface area contributed by atoms with Crippen LogP contribution in [-0.4, -0.2) is 0 Å². The van der Waals surface area contributed by atoms with Crippen LogP contribution in [-0.2, 0) is 0 Å². The fourth-order valence-electron chi connectivity index (χ4n) is 1.19. The minimum atomic E-state index is 0.634. The van der Waals surface area contributed by atoms with Crippen LogP contribution in [0.2, 0.25) is 0 Å². The van der Waals surface area contributed by atoms with Crippen LogP contribution >= 0.6 is 0 Å². The Balaban J connectivity index is 3.31. The van der Waals surface area contributed by atoms with E-state index in [0.29, 0.717) is 5.92 Å². The van der Waals surface area contributed by atoms with E-state index in [4.69, 9.17) is 0 Å². The van der Waals surface area contributed by atoms with Gasteiger partial charge in [-0.25, -0.2) is 0 Å². The zero-order valence-electron chi connectivity index (χ0n) is 6.98. The van der Waals surface area contributed by atoms with Crippen molar-refractivity contribution in [1.29, 1.82) is 0 Å². The quantitative estimate of drug-likeness (QED) is 0.543. The van der Waals surface area contributed by atoms with Gasteiger partial charge in [-0.15, -0.1) is 0 Å². The lowest BCUT2D eigenvalue weighted by Crippen LogP contribution is -2.01. The van der Waals surface area contributed by atoms with E-state index in [1.165, 1.54) is 19.3 Å². The van der Waals surface area contributed by atoms with E-state index in [2.05, 4.69) is 27.7 Å². The summed E-state index contributed by atoms with van der Waals surface area (Å²) in [5, 5.41) is 0. The van der Waals surface area contributed by atoms with Crippen molar-refractivity contribution in [2.45, 2.75) is 40.0 Å². The van der Waals surface area contributed by atoms with E-state index < -0.39 is 0 Å². The molecule has 0 heterocycles. The number of rotatable bonds is 4. The average Bonchev–Trinajstić information content (AvgIpc) is 1.82. The highest BCUT2D eigenvalue weighted by molar-refractivity contribution is 4.61. The SMILES string of the molecule is [CH2]C(C)CC(CC)CC. The number of hydrogen-bond acceptors (Lipinski definition) is 0. The predicted molar refractivity (Wildman–Crippen MR) is 43.2 cm³/mol. The lowest BCUT2D eigenvalue weighted by Gasteiger charge is -2.13. The molecule has 0 aromatic carbocycles. The van der Waals surface area contributed by atoms with E-state index in [1.54, 1.807) is 0 Å². The molecule has 0 rings (SSSR count). The Kier molecular flexibility index (Phi) is 4.84. The van der Waals surface area contributed by atoms with Gasteiger partial charge in [0.2, 0.25) is 0 Å². The maximum Gasteiger partial charge on any atom is -0.0417 e. The summed E-state index contributed by atoms with van der Waals surface area (Å²) in [6.07, 6.45) is 3.93. The molecule has 1 radical (unpaired) electrons. The second kappa shape index (κ2) is 4.84. The van der Waals surface area contributed by atoms with Crippen LogP contribution in [0.1, 0.15) is 40.0 Å². The van der Waals surface area contributed by atoms with Crippen molar-refractivity contribution < 1.29 is 0 Å². The second-order valence-electron chi connectivity index (χ2n) is 3.02. The Labute approximate surface area is 59.7 Å². The van der Waals surface area contributed by atoms with Crippen LogP contribution in [0.25, 0.3) is 0 Å². The first-order valence-electron chi connectivity index (χ1n) is 4.03. The first-order valence-corrected chi connectivity index (χ1v) is 4.03. The molecule has 0 aromatic heterocycles. The van der Waals surface area contributed by atoms with Gasteiger partial charge in [0.05, 0.1) is 0 Å². The molecule has 9 heavy (non-hydrogen) atoms. The Bertz CT molecular complexity index is 51.1. The lowest BCUT2D eigenvalue weighted by molar-refractivity contribution is 0.407. The maximum absolute atomic E-state index is 3.97. The average molecular weight is 127 g/mol. The molecule has 0 saturated carbocycles. The summed E-state index contributed by atoms with van der Waals surface area (Å²) in [7, 11) is 0. The summed E-state index contributed by atoms with van der Waals surface area (Å²) in [4.78, 5) is 0. The molecular weight excluding hydrogens is 108 g/mol. The van der Waals surface area contributed by atoms with Crippen LogP contribution in [0.4, 0.5) is 0 Å². The second-order valence-corrected chi connectivity index (χ2v) is 3.02. The molecule has 0 aliphatic carbocycles. The number of hydrogen-bond donors (Lipinski definition) is 0. The van der Waals surface area contributed by atoms with Gasteiger partial charge in [-0.1, -0.05) is 40.5 Å². The Hall–Kier alpha value is 0. The predicted octanol–water partition coefficient (Wildman–Crippen LogP) is 3.28. The first-order chi connectivity index (χ1) is 4.20. The lowest BCUT2D eigenvalue weighted by atomic mass is 9.93. The van der Waals surface area contributed by atoms with Crippen molar-refractivity contribution in [3.8, 4) is 0 Å². The molecule has 0 saturated heterocycles. The maximum atomic E-state index is 3.97. The fourth-order valence-corrected chi connectivity index (χ4v) is 1.19. The fraction of sp³-hybridized carbons (Fsp3) is 0.889. The standard InChI is InChI=1S/C9H19/c1-5-9(6-2)7-8(3)4/h8-9H,3,5-7H2,1-2,4H3. The normalized spacial score (nSPS) is 11.3. The Morgan fingerprint density at radius 3 is 1.78 bits per heavy atom. The van der Waals surface area contributed by atoms with Crippen LogP contribution in [0.3, 0.4) is 0 Å². The smallest absolute Gasteiger partial charge is 0.0417 e. The van der Waals surface area contributed by atoms with E-state index >= 15 is 0 Å². The van der Waals surface area contributed by atoms with Gasteiger partial charge in [0.25, 0.3) is 0 Å². The van der Waals surface area contributed by atoms with Crippen LogP contribution in [0, 0.1) is 18.8 Å². The monoisotopic (exact) mass is 127 g/mol. The van der Waals surface area contributed by atoms with Gasteiger partial charge in [-0.05, 0) is 18.3 Å². The van der Waals surface area contributed by atoms with E-state index in [0.717, 1.165) is 5.92 Å². The molecule has 0 bridgehead atoms. The molecule has 0 N–H and O–H groups in total. The third kappa shape index (κ3) is 4.50. The van der Waals surface area contributed by atoms with Gasteiger partial charge in [0.1, 0.15) is 0 Å². The summed E-state index contributed by atoms with van der Waals surface area (Å²) in [6.45, 7) is 10.7. The molecule has 1 unspecified atom stereocenters. The molecule has 0 aromatic rings.